The van der Waals surface area contributed by atoms with Crippen molar-refractivity contribution >= 4 is 11.8 Å². The molecule has 5 heteroatoms. The van der Waals surface area contributed by atoms with Gasteiger partial charge in [-0.25, -0.2) is 9.37 Å². The average molecular weight is 266 g/mol. The van der Waals surface area contributed by atoms with Gasteiger partial charge in [-0.15, -0.1) is 0 Å². The zero-order valence-corrected chi connectivity index (χ0v) is 11.2. The SMILES string of the molecule is CN(C)CCSc1ncc(-c2ccc(F)cc2)o1. The van der Waals surface area contributed by atoms with E-state index in [0.717, 1.165) is 17.9 Å². The lowest BCUT2D eigenvalue weighted by atomic mass is 10.2. The van der Waals surface area contributed by atoms with Crippen molar-refractivity contribution in [3.05, 3.63) is 36.3 Å². The second-order valence-electron chi connectivity index (χ2n) is 4.15. The molecule has 18 heavy (non-hydrogen) atoms. The Morgan fingerprint density at radius 3 is 2.67 bits per heavy atom. The first-order valence-corrected chi connectivity index (χ1v) is 6.63. The molecule has 0 radical (unpaired) electrons. The van der Waals surface area contributed by atoms with Crippen LogP contribution in [0, 0.1) is 5.82 Å². The minimum atomic E-state index is -0.251. The Balaban J connectivity index is 1.99. The zero-order valence-electron chi connectivity index (χ0n) is 10.4. The van der Waals surface area contributed by atoms with Crippen LogP contribution in [0.3, 0.4) is 0 Å². The van der Waals surface area contributed by atoms with E-state index >= 15 is 0 Å². The smallest absolute Gasteiger partial charge is 0.256 e. The lowest BCUT2D eigenvalue weighted by molar-refractivity contribution is 0.434. The summed E-state index contributed by atoms with van der Waals surface area (Å²) < 4.78 is 18.4. The van der Waals surface area contributed by atoms with E-state index in [4.69, 9.17) is 4.42 Å². The predicted molar refractivity (Wildman–Crippen MR) is 71.2 cm³/mol. The Hall–Kier alpha value is -1.33. The van der Waals surface area contributed by atoms with Gasteiger partial charge in [-0.3, -0.25) is 0 Å². The van der Waals surface area contributed by atoms with Crippen LogP contribution in [0.2, 0.25) is 0 Å². The van der Waals surface area contributed by atoms with Gasteiger partial charge in [-0.2, -0.15) is 0 Å². The Morgan fingerprint density at radius 2 is 2.00 bits per heavy atom. The van der Waals surface area contributed by atoms with E-state index in [9.17, 15) is 4.39 Å². The monoisotopic (exact) mass is 266 g/mol. The van der Waals surface area contributed by atoms with Crippen molar-refractivity contribution in [2.24, 2.45) is 0 Å². The molecular weight excluding hydrogens is 251 g/mol. The highest BCUT2D eigenvalue weighted by Gasteiger charge is 2.07. The molecule has 1 aromatic carbocycles. The molecule has 0 bridgehead atoms. The molecule has 0 aliphatic rings. The van der Waals surface area contributed by atoms with Gasteiger partial charge in [0, 0.05) is 17.9 Å². The third kappa shape index (κ3) is 3.58. The van der Waals surface area contributed by atoms with E-state index in [1.54, 1.807) is 30.1 Å². The van der Waals surface area contributed by atoms with Gasteiger partial charge in [0.25, 0.3) is 5.22 Å². The molecule has 0 spiro atoms. The fraction of sp³-hybridized carbons (Fsp3) is 0.308. The van der Waals surface area contributed by atoms with Crippen molar-refractivity contribution < 1.29 is 8.81 Å². The Bertz CT molecular complexity index is 496. The van der Waals surface area contributed by atoms with Gasteiger partial charge in [-0.05, 0) is 38.4 Å². The Morgan fingerprint density at radius 1 is 1.28 bits per heavy atom. The van der Waals surface area contributed by atoms with E-state index in [1.807, 2.05) is 14.1 Å². The maximum absolute atomic E-state index is 12.8. The molecule has 0 N–H and O–H groups in total. The van der Waals surface area contributed by atoms with Crippen LogP contribution >= 0.6 is 11.8 Å². The molecule has 0 atom stereocenters. The fourth-order valence-electron chi connectivity index (χ4n) is 1.39. The summed E-state index contributed by atoms with van der Waals surface area (Å²) in [4.78, 5) is 6.30. The number of oxazole rings is 1. The molecule has 2 rings (SSSR count). The van der Waals surface area contributed by atoms with E-state index in [1.165, 1.54) is 12.1 Å². The van der Waals surface area contributed by atoms with Gasteiger partial charge in [0.05, 0.1) is 6.20 Å². The second-order valence-corrected chi connectivity index (χ2v) is 5.20. The van der Waals surface area contributed by atoms with E-state index in [-0.39, 0.29) is 5.82 Å². The molecule has 3 nitrogen and oxygen atoms in total. The van der Waals surface area contributed by atoms with E-state index in [0.29, 0.717) is 11.0 Å². The summed E-state index contributed by atoms with van der Waals surface area (Å²) in [5, 5.41) is 0.649. The first-order chi connectivity index (χ1) is 8.65. The number of hydrogen-bond acceptors (Lipinski definition) is 4. The summed E-state index contributed by atoms with van der Waals surface area (Å²) >= 11 is 1.57. The molecular formula is C13H15FN2OS. The number of halogens is 1. The molecule has 0 aliphatic carbocycles. The van der Waals surface area contributed by atoms with Crippen molar-refractivity contribution in [2.45, 2.75) is 5.22 Å². The first-order valence-electron chi connectivity index (χ1n) is 5.64. The normalized spacial score (nSPS) is 11.1. The third-order valence-corrected chi connectivity index (χ3v) is 3.20. The molecule has 0 amide bonds. The lowest BCUT2D eigenvalue weighted by Gasteiger charge is -2.06. The van der Waals surface area contributed by atoms with Crippen LogP contribution in [0.5, 0.6) is 0 Å². The summed E-state index contributed by atoms with van der Waals surface area (Å²) in [6.45, 7) is 0.971. The van der Waals surface area contributed by atoms with E-state index in [2.05, 4.69) is 9.88 Å². The van der Waals surface area contributed by atoms with Gasteiger partial charge >= 0.3 is 0 Å². The summed E-state index contributed by atoms with van der Waals surface area (Å²) in [5.74, 6) is 1.34. The molecule has 0 aliphatic heterocycles. The lowest BCUT2D eigenvalue weighted by Crippen LogP contribution is -2.14. The van der Waals surface area contributed by atoms with Crippen molar-refractivity contribution in [2.75, 3.05) is 26.4 Å². The van der Waals surface area contributed by atoms with Crippen molar-refractivity contribution in [1.29, 1.82) is 0 Å². The maximum Gasteiger partial charge on any atom is 0.256 e. The molecule has 0 unspecified atom stereocenters. The van der Waals surface area contributed by atoms with Crippen molar-refractivity contribution in [3.63, 3.8) is 0 Å². The molecule has 0 saturated carbocycles. The summed E-state index contributed by atoms with van der Waals surface area (Å²) in [6.07, 6.45) is 1.67. The topological polar surface area (TPSA) is 29.3 Å². The Labute approximate surface area is 110 Å². The number of aromatic nitrogens is 1. The van der Waals surface area contributed by atoms with Crippen LogP contribution in [0.15, 0.2) is 40.1 Å². The maximum atomic E-state index is 12.8. The number of hydrogen-bond donors (Lipinski definition) is 0. The summed E-state index contributed by atoms with van der Waals surface area (Å²) in [7, 11) is 4.06. The summed E-state index contributed by atoms with van der Waals surface area (Å²) in [6, 6.07) is 6.20. The van der Waals surface area contributed by atoms with Crippen LogP contribution in [0.4, 0.5) is 4.39 Å². The van der Waals surface area contributed by atoms with Gasteiger partial charge in [0.15, 0.2) is 5.76 Å². The van der Waals surface area contributed by atoms with Crippen molar-refractivity contribution in [1.82, 2.24) is 9.88 Å². The average Bonchev–Trinajstić information content (AvgIpc) is 2.78. The quantitative estimate of drug-likeness (QED) is 0.778. The van der Waals surface area contributed by atoms with Crippen LogP contribution < -0.4 is 0 Å². The van der Waals surface area contributed by atoms with Crippen LogP contribution in [-0.4, -0.2) is 36.3 Å². The number of benzene rings is 1. The van der Waals surface area contributed by atoms with E-state index < -0.39 is 0 Å². The van der Waals surface area contributed by atoms with Crippen LogP contribution in [0.25, 0.3) is 11.3 Å². The van der Waals surface area contributed by atoms with Gasteiger partial charge in [0.2, 0.25) is 0 Å². The molecule has 0 fully saturated rings. The van der Waals surface area contributed by atoms with Crippen LogP contribution in [0.1, 0.15) is 0 Å². The zero-order chi connectivity index (χ0) is 13.0. The largest absolute Gasteiger partial charge is 0.431 e. The highest BCUT2D eigenvalue weighted by molar-refractivity contribution is 7.99. The molecule has 2 aromatic rings. The highest BCUT2D eigenvalue weighted by atomic mass is 32.2. The minimum absolute atomic E-state index is 0.251. The molecule has 0 saturated heterocycles. The second kappa shape index (κ2) is 6.02. The number of nitrogens with zero attached hydrogens (tertiary/aromatic N) is 2. The highest BCUT2D eigenvalue weighted by Crippen LogP contribution is 2.25. The molecule has 1 aromatic heterocycles. The standard InChI is InChI=1S/C13H15FN2OS/c1-16(2)7-8-18-13-15-9-12(17-13)10-3-5-11(14)6-4-10/h3-6,9H,7-8H2,1-2H3. The predicted octanol–water partition coefficient (Wildman–Crippen LogP) is 3.13. The van der Waals surface area contributed by atoms with Gasteiger partial charge in [0.1, 0.15) is 5.82 Å². The molecule has 96 valence electrons. The Kier molecular flexibility index (Phi) is 4.38. The summed E-state index contributed by atoms with van der Waals surface area (Å²) in [5.41, 5.74) is 0.836. The number of thioether (sulfide) groups is 1. The first kappa shape index (κ1) is 13.1. The fourth-order valence-corrected chi connectivity index (χ4v) is 2.29. The van der Waals surface area contributed by atoms with Gasteiger partial charge in [-0.1, -0.05) is 11.8 Å². The third-order valence-electron chi connectivity index (χ3n) is 2.38. The minimum Gasteiger partial charge on any atom is -0.431 e. The van der Waals surface area contributed by atoms with Crippen molar-refractivity contribution in [3.8, 4) is 11.3 Å². The molecule has 1 heterocycles. The van der Waals surface area contributed by atoms with Crippen LogP contribution in [-0.2, 0) is 0 Å². The van der Waals surface area contributed by atoms with Gasteiger partial charge < -0.3 is 9.32 Å². The number of rotatable bonds is 5.